The number of imidazole rings is 1. The first-order chi connectivity index (χ1) is 8.99. The summed E-state index contributed by atoms with van der Waals surface area (Å²) in [7, 11) is 0. The Morgan fingerprint density at radius 1 is 1.32 bits per heavy atom. The quantitative estimate of drug-likeness (QED) is 0.896. The highest BCUT2D eigenvalue weighted by atomic mass is 19.1. The number of benzene rings is 1. The first-order valence-corrected chi connectivity index (χ1v) is 6.94. The summed E-state index contributed by atoms with van der Waals surface area (Å²) in [6.45, 7) is 7.08. The van der Waals surface area contributed by atoms with Gasteiger partial charge in [-0.3, -0.25) is 0 Å². The summed E-state index contributed by atoms with van der Waals surface area (Å²) in [5.41, 5.74) is 7.59. The Bertz CT molecular complexity index is 572. The lowest BCUT2D eigenvalue weighted by molar-refractivity contribution is 0.400. The van der Waals surface area contributed by atoms with E-state index in [0.29, 0.717) is 5.52 Å². The van der Waals surface area contributed by atoms with Gasteiger partial charge in [-0.05, 0) is 31.9 Å². The normalized spacial score (nSPS) is 14.8. The van der Waals surface area contributed by atoms with Crippen molar-refractivity contribution in [1.82, 2.24) is 9.55 Å². The van der Waals surface area contributed by atoms with Crippen LogP contribution >= 0.6 is 0 Å². The molecule has 0 saturated heterocycles. The van der Waals surface area contributed by atoms with Crippen molar-refractivity contribution in [3.05, 3.63) is 29.8 Å². The molecular weight excluding hydrogens is 241 g/mol. The predicted octanol–water partition coefficient (Wildman–Crippen LogP) is 3.56. The van der Waals surface area contributed by atoms with Gasteiger partial charge in [0.25, 0.3) is 0 Å². The molecular formula is C15H22FN3. The molecule has 2 aromatic rings. The van der Waals surface area contributed by atoms with Gasteiger partial charge >= 0.3 is 0 Å². The SMILES string of the molecule is CCCn1c(C(C)(N)CCC)nc2cc(F)ccc21. The molecule has 0 aliphatic rings. The minimum Gasteiger partial charge on any atom is -0.326 e. The van der Waals surface area contributed by atoms with Crippen LogP contribution in [0.25, 0.3) is 11.0 Å². The molecule has 1 atom stereocenters. The van der Waals surface area contributed by atoms with Gasteiger partial charge in [-0.1, -0.05) is 20.3 Å². The third-order valence-electron chi connectivity index (χ3n) is 3.44. The van der Waals surface area contributed by atoms with E-state index in [1.165, 1.54) is 12.1 Å². The van der Waals surface area contributed by atoms with Crippen molar-refractivity contribution in [2.75, 3.05) is 0 Å². The second-order valence-corrected chi connectivity index (χ2v) is 5.39. The number of hydrogen-bond donors (Lipinski definition) is 1. The van der Waals surface area contributed by atoms with Gasteiger partial charge in [0.1, 0.15) is 11.6 Å². The average Bonchev–Trinajstić information content (AvgIpc) is 2.68. The summed E-state index contributed by atoms with van der Waals surface area (Å²) < 4.78 is 15.5. The molecule has 0 fully saturated rings. The zero-order valence-electron chi connectivity index (χ0n) is 11.9. The van der Waals surface area contributed by atoms with Crippen molar-refractivity contribution in [3.8, 4) is 0 Å². The van der Waals surface area contributed by atoms with Gasteiger partial charge in [0.05, 0.1) is 16.6 Å². The van der Waals surface area contributed by atoms with Crippen LogP contribution in [-0.2, 0) is 12.1 Å². The van der Waals surface area contributed by atoms with Crippen LogP contribution in [0, 0.1) is 5.82 Å². The van der Waals surface area contributed by atoms with Crippen LogP contribution in [0.1, 0.15) is 45.9 Å². The third-order valence-corrected chi connectivity index (χ3v) is 3.44. The van der Waals surface area contributed by atoms with Crippen molar-refractivity contribution < 1.29 is 4.39 Å². The van der Waals surface area contributed by atoms with Crippen LogP contribution < -0.4 is 5.73 Å². The minimum absolute atomic E-state index is 0.255. The van der Waals surface area contributed by atoms with E-state index in [4.69, 9.17) is 5.73 Å². The zero-order chi connectivity index (χ0) is 14.0. The average molecular weight is 263 g/mol. The van der Waals surface area contributed by atoms with Crippen molar-refractivity contribution in [2.45, 2.75) is 52.1 Å². The molecule has 4 heteroatoms. The Labute approximate surface area is 113 Å². The Kier molecular flexibility index (Phi) is 3.90. The van der Waals surface area contributed by atoms with Gasteiger partial charge in [0.2, 0.25) is 0 Å². The van der Waals surface area contributed by atoms with E-state index in [-0.39, 0.29) is 5.82 Å². The lowest BCUT2D eigenvalue weighted by atomic mass is 9.96. The summed E-state index contributed by atoms with van der Waals surface area (Å²) in [6, 6.07) is 4.75. The highest BCUT2D eigenvalue weighted by Gasteiger charge is 2.27. The second kappa shape index (κ2) is 5.29. The number of hydrogen-bond acceptors (Lipinski definition) is 2. The summed E-state index contributed by atoms with van der Waals surface area (Å²) >= 11 is 0. The van der Waals surface area contributed by atoms with Gasteiger partial charge in [-0.25, -0.2) is 9.37 Å². The molecule has 2 N–H and O–H groups in total. The molecule has 0 amide bonds. The molecule has 1 aromatic carbocycles. The largest absolute Gasteiger partial charge is 0.326 e. The van der Waals surface area contributed by atoms with Gasteiger partial charge in [-0.2, -0.15) is 0 Å². The molecule has 0 spiro atoms. The van der Waals surface area contributed by atoms with Gasteiger partial charge in [0.15, 0.2) is 0 Å². The number of fused-ring (bicyclic) bond motifs is 1. The molecule has 19 heavy (non-hydrogen) atoms. The molecule has 0 aliphatic carbocycles. The number of aromatic nitrogens is 2. The van der Waals surface area contributed by atoms with E-state index in [9.17, 15) is 4.39 Å². The van der Waals surface area contributed by atoms with Crippen LogP contribution in [0.2, 0.25) is 0 Å². The second-order valence-electron chi connectivity index (χ2n) is 5.39. The predicted molar refractivity (Wildman–Crippen MR) is 76.4 cm³/mol. The molecule has 1 aromatic heterocycles. The number of aryl methyl sites for hydroxylation is 1. The minimum atomic E-state index is -0.473. The van der Waals surface area contributed by atoms with E-state index in [1.807, 2.05) is 6.92 Å². The summed E-state index contributed by atoms with van der Waals surface area (Å²) in [5.74, 6) is 0.603. The molecule has 0 bridgehead atoms. The summed E-state index contributed by atoms with van der Waals surface area (Å²) in [4.78, 5) is 4.58. The Morgan fingerprint density at radius 2 is 2.05 bits per heavy atom. The Balaban J connectivity index is 2.62. The monoisotopic (exact) mass is 263 g/mol. The summed E-state index contributed by atoms with van der Waals surface area (Å²) in [5, 5.41) is 0. The van der Waals surface area contributed by atoms with Crippen LogP contribution in [-0.4, -0.2) is 9.55 Å². The molecule has 1 unspecified atom stereocenters. The highest BCUT2D eigenvalue weighted by Crippen LogP contribution is 2.27. The number of halogens is 1. The zero-order valence-corrected chi connectivity index (χ0v) is 11.9. The van der Waals surface area contributed by atoms with Crippen molar-refractivity contribution in [3.63, 3.8) is 0 Å². The number of nitrogens with zero attached hydrogens (tertiary/aromatic N) is 2. The van der Waals surface area contributed by atoms with Crippen LogP contribution in [0.3, 0.4) is 0 Å². The fourth-order valence-corrected chi connectivity index (χ4v) is 2.62. The van der Waals surface area contributed by atoms with Crippen LogP contribution in [0.4, 0.5) is 4.39 Å². The van der Waals surface area contributed by atoms with Crippen molar-refractivity contribution in [1.29, 1.82) is 0 Å². The first-order valence-electron chi connectivity index (χ1n) is 6.94. The van der Waals surface area contributed by atoms with Crippen LogP contribution in [0.15, 0.2) is 18.2 Å². The maximum absolute atomic E-state index is 13.3. The highest BCUT2D eigenvalue weighted by molar-refractivity contribution is 5.76. The fourth-order valence-electron chi connectivity index (χ4n) is 2.62. The van der Waals surface area contributed by atoms with E-state index in [2.05, 4.69) is 23.4 Å². The molecule has 3 nitrogen and oxygen atoms in total. The molecule has 0 aliphatic heterocycles. The van der Waals surface area contributed by atoms with Crippen LogP contribution in [0.5, 0.6) is 0 Å². The Morgan fingerprint density at radius 3 is 2.68 bits per heavy atom. The van der Waals surface area contributed by atoms with E-state index < -0.39 is 5.54 Å². The van der Waals surface area contributed by atoms with Gasteiger partial charge < -0.3 is 10.3 Å². The molecule has 0 saturated carbocycles. The van der Waals surface area contributed by atoms with E-state index >= 15 is 0 Å². The topological polar surface area (TPSA) is 43.8 Å². The van der Waals surface area contributed by atoms with E-state index in [1.54, 1.807) is 6.07 Å². The molecule has 1 heterocycles. The molecule has 0 radical (unpaired) electrons. The van der Waals surface area contributed by atoms with Crippen molar-refractivity contribution >= 4 is 11.0 Å². The first kappa shape index (κ1) is 14.0. The lowest BCUT2D eigenvalue weighted by Gasteiger charge is -2.24. The molecule has 2 rings (SSSR count). The maximum Gasteiger partial charge on any atom is 0.129 e. The number of rotatable bonds is 5. The van der Waals surface area contributed by atoms with Crippen molar-refractivity contribution in [2.24, 2.45) is 5.73 Å². The standard InChI is InChI=1S/C15H22FN3/c1-4-8-15(3,17)14-18-12-10-11(16)6-7-13(12)19(14)9-5-2/h6-7,10H,4-5,8-9,17H2,1-3H3. The fraction of sp³-hybridized carbons (Fsp3) is 0.533. The lowest BCUT2D eigenvalue weighted by Crippen LogP contribution is -2.36. The molecule has 104 valence electrons. The van der Waals surface area contributed by atoms with Gasteiger partial charge in [0, 0.05) is 12.6 Å². The summed E-state index contributed by atoms with van der Waals surface area (Å²) in [6.07, 6.45) is 2.86. The third kappa shape index (κ3) is 2.63. The maximum atomic E-state index is 13.3. The Hall–Kier alpha value is -1.42. The van der Waals surface area contributed by atoms with Gasteiger partial charge in [-0.15, -0.1) is 0 Å². The number of nitrogens with two attached hydrogens (primary N) is 1. The van der Waals surface area contributed by atoms with E-state index in [0.717, 1.165) is 37.1 Å². The smallest absolute Gasteiger partial charge is 0.129 e.